The topological polar surface area (TPSA) is 25.2 Å². The number of anilines is 2. The first-order valence-corrected chi connectivity index (χ1v) is 13.6. The third kappa shape index (κ3) is 3.58. The van der Waals surface area contributed by atoms with Crippen LogP contribution in [-0.2, 0) is 0 Å². The molecule has 2 nitrogen and oxygen atoms in total. The second kappa shape index (κ2) is 9.14. The first-order valence-electron chi connectivity index (χ1n) is 13.6. The normalized spacial score (nSPS) is 11.5. The Morgan fingerprint density at radius 1 is 0.400 bits per heavy atom. The molecular weight excluding hydrogens is 486 g/mol. The predicted octanol–water partition coefficient (Wildman–Crippen LogP) is 11.0. The van der Waals surface area contributed by atoms with Gasteiger partial charge in [-0.15, -0.1) is 0 Å². The zero-order valence-electron chi connectivity index (χ0n) is 21.8. The highest BCUT2D eigenvalue weighted by Gasteiger charge is 2.19. The monoisotopic (exact) mass is 511 g/mol. The maximum absolute atomic E-state index is 6.80. The van der Waals surface area contributed by atoms with E-state index in [9.17, 15) is 0 Å². The zero-order chi connectivity index (χ0) is 26.5. The van der Waals surface area contributed by atoms with Crippen LogP contribution in [0.15, 0.2) is 150 Å². The van der Waals surface area contributed by atoms with Crippen molar-refractivity contribution in [3.8, 4) is 22.3 Å². The molecule has 8 rings (SSSR count). The van der Waals surface area contributed by atoms with Crippen LogP contribution in [-0.4, -0.2) is 0 Å². The van der Waals surface area contributed by atoms with Crippen LogP contribution in [0.2, 0.25) is 0 Å². The molecule has 0 aliphatic rings. The number of hydrogen-bond acceptors (Lipinski definition) is 2. The lowest BCUT2D eigenvalue weighted by atomic mass is 9.96. The fourth-order valence-corrected chi connectivity index (χ4v) is 6.01. The molecule has 8 aromatic rings. The van der Waals surface area contributed by atoms with E-state index in [1.807, 2.05) is 0 Å². The van der Waals surface area contributed by atoms with E-state index >= 15 is 0 Å². The molecule has 7 aromatic carbocycles. The second-order valence-corrected chi connectivity index (χ2v) is 10.2. The molecule has 2 heteroatoms. The Kier molecular flexibility index (Phi) is 5.17. The van der Waals surface area contributed by atoms with E-state index in [4.69, 9.17) is 4.42 Å². The van der Waals surface area contributed by atoms with Crippen molar-refractivity contribution in [1.82, 2.24) is 0 Å². The number of para-hydroxylation sites is 2. The number of hydrogen-bond donors (Lipinski definition) is 1. The van der Waals surface area contributed by atoms with Gasteiger partial charge in [-0.2, -0.15) is 0 Å². The van der Waals surface area contributed by atoms with Gasteiger partial charge in [0.05, 0.1) is 5.69 Å². The van der Waals surface area contributed by atoms with Crippen LogP contribution in [0.5, 0.6) is 0 Å². The number of furan rings is 1. The number of benzene rings is 7. The van der Waals surface area contributed by atoms with Crippen molar-refractivity contribution < 1.29 is 4.42 Å². The van der Waals surface area contributed by atoms with Crippen molar-refractivity contribution in [2.45, 2.75) is 0 Å². The van der Waals surface area contributed by atoms with Crippen molar-refractivity contribution in [2.24, 2.45) is 0 Å². The van der Waals surface area contributed by atoms with Gasteiger partial charge in [-0.3, -0.25) is 0 Å². The van der Waals surface area contributed by atoms with Crippen molar-refractivity contribution in [2.75, 3.05) is 5.32 Å². The van der Waals surface area contributed by atoms with Crippen LogP contribution in [0.3, 0.4) is 0 Å². The van der Waals surface area contributed by atoms with Crippen LogP contribution >= 0.6 is 0 Å². The summed E-state index contributed by atoms with van der Waals surface area (Å²) in [5, 5.41) is 10.9. The minimum Gasteiger partial charge on any atom is -0.453 e. The first kappa shape index (κ1) is 22.6. The van der Waals surface area contributed by atoms with Gasteiger partial charge in [-0.25, -0.2) is 0 Å². The van der Waals surface area contributed by atoms with E-state index < -0.39 is 0 Å². The van der Waals surface area contributed by atoms with Crippen LogP contribution in [0.25, 0.3) is 65.7 Å². The molecule has 1 aromatic heterocycles. The molecule has 0 radical (unpaired) electrons. The van der Waals surface area contributed by atoms with Crippen molar-refractivity contribution >= 4 is 54.9 Å². The van der Waals surface area contributed by atoms with Gasteiger partial charge in [0.2, 0.25) is 0 Å². The van der Waals surface area contributed by atoms with Crippen molar-refractivity contribution in [3.05, 3.63) is 146 Å². The number of fused-ring (bicyclic) bond motifs is 6. The Morgan fingerprint density at radius 3 is 1.93 bits per heavy atom. The highest BCUT2D eigenvalue weighted by molar-refractivity contribution is 6.24. The smallest absolute Gasteiger partial charge is 0.158 e. The standard InChI is InChI=1S/C38H25NO/c1-2-12-26(13-3-1)33-24-27-15-5-7-18-29(27)36-32-21-11-23-35(37(32)40-38(33)36)39-34-22-9-8-19-31(34)30-20-10-16-25-14-4-6-17-28(25)30/h1-24,39H. The van der Waals surface area contributed by atoms with Crippen LogP contribution in [0.4, 0.5) is 11.4 Å². The second-order valence-electron chi connectivity index (χ2n) is 10.2. The molecule has 1 N–H and O–H groups in total. The van der Waals surface area contributed by atoms with Crippen LogP contribution in [0.1, 0.15) is 0 Å². The van der Waals surface area contributed by atoms with Gasteiger partial charge < -0.3 is 9.73 Å². The van der Waals surface area contributed by atoms with Gasteiger partial charge in [-0.05, 0) is 50.9 Å². The summed E-state index contributed by atoms with van der Waals surface area (Å²) in [5.74, 6) is 0. The van der Waals surface area contributed by atoms with Crippen LogP contribution < -0.4 is 5.32 Å². The largest absolute Gasteiger partial charge is 0.453 e. The Hall–Kier alpha value is -5.34. The van der Waals surface area contributed by atoms with Crippen molar-refractivity contribution in [1.29, 1.82) is 0 Å². The summed E-state index contributed by atoms with van der Waals surface area (Å²) in [5.41, 5.74) is 8.37. The zero-order valence-corrected chi connectivity index (χ0v) is 21.8. The molecule has 0 amide bonds. The maximum Gasteiger partial charge on any atom is 0.158 e. The summed E-state index contributed by atoms with van der Waals surface area (Å²) in [7, 11) is 0. The minimum atomic E-state index is 0.860. The summed E-state index contributed by atoms with van der Waals surface area (Å²) >= 11 is 0. The molecule has 0 aliphatic carbocycles. The Balaban J connectivity index is 1.35. The average molecular weight is 512 g/mol. The average Bonchev–Trinajstić information content (AvgIpc) is 3.42. The van der Waals surface area contributed by atoms with Crippen LogP contribution in [0, 0.1) is 0 Å². The first-order chi connectivity index (χ1) is 19.8. The molecule has 0 unspecified atom stereocenters. The van der Waals surface area contributed by atoms with E-state index in [-0.39, 0.29) is 0 Å². The van der Waals surface area contributed by atoms with E-state index in [0.29, 0.717) is 0 Å². The van der Waals surface area contributed by atoms with E-state index in [2.05, 4.69) is 151 Å². The molecule has 1 heterocycles. The molecule has 0 aliphatic heterocycles. The Morgan fingerprint density at radius 2 is 1.02 bits per heavy atom. The molecule has 0 bridgehead atoms. The van der Waals surface area contributed by atoms with Gasteiger partial charge >= 0.3 is 0 Å². The Bertz CT molecular complexity index is 2180. The molecule has 0 spiro atoms. The van der Waals surface area contributed by atoms with Gasteiger partial charge in [0, 0.05) is 27.6 Å². The summed E-state index contributed by atoms with van der Waals surface area (Å²) < 4.78 is 6.80. The Labute approximate surface area is 232 Å². The number of rotatable bonds is 4. The van der Waals surface area contributed by atoms with Gasteiger partial charge in [-0.1, -0.05) is 127 Å². The van der Waals surface area contributed by atoms with E-state index in [0.717, 1.165) is 50.0 Å². The highest BCUT2D eigenvalue weighted by Crippen LogP contribution is 2.44. The maximum atomic E-state index is 6.80. The summed E-state index contributed by atoms with van der Waals surface area (Å²) in [4.78, 5) is 0. The third-order valence-corrected chi connectivity index (χ3v) is 7.85. The molecule has 0 saturated carbocycles. The molecule has 0 atom stereocenters. The molecular formula is C38H25NO. The van der Waals surface area contributed by atoms with E-state index in [1.54, 1.807) is 0 Å². The highest BCUT2D eigenvalue weighted by atomic mass is 16.3. The summed E-state index contributed by atoms with van der Waals surface area (Å²) in [6.07, 6.45) is 0. The fraction of sp³-hybridized carbons (Fsp3) is 0. The van der Waals surface area contributed by atoms with E-state index in [1.165, 1.54) is 27.1 Å². The van der Waals surface area contributed by atoms with Gasteiger partial charge in [0.15, 0.2) is 5.58 Å². The molecule has 40 heavy (non-hydrogen) atoms. The number of nitrogens with one attached hydrogen (secondary N) is 1. The molecule has 188 valence electrons. The summed E-state index contributed by atoms with van der Waals surface area (Å²) in [6.45, 7) is 0. The molecule has 0 fully saturated rings. The SMILES string of the molecule is c1ccc(-c2cc3ccccc3c3c2oc2c(Nc4ccccc4-c4cccc5ccccc45)cccc23)cc1. The quantitative estimate of drug-likeness (QED) is 0.254. The minimum absolute atomic E-state index is 0.860. The fourth-order valence-electron chi connectivity index (χ4n) is 6.01. The van der Waals surface area contributed by atoms with Gasteiger partial charge in [0.25, 0.3) is 0 Å². The lowest BCUT2D eigenvalue weighted by Gasteiger charge is -2.14. The van der Waals surface area contributed by atoms with Crippen molar-refractivity contribution in [3.63, 3.8) is 0 Å². The lowest BCUT2D eigenvalue weighted by molar-refractivity contribution is 0.671. The molecule has 0 saturated heterocycles. The lowest BCUT2D eigenvalue weighted by Crippen LogP contribution is -1.94. The third-order valence-electron chi connectivity index (χ3n) is 7.85. The van der Waals surface area contributed by atoms with Gasteiger partial charge in [0.1, 0.15) is 5.58 Å². The summed E-state index contributed by atoms with van der Waals surface area (Å²) in [6, 6.07) is 51.3. The predicted molar refractivity (Wildman–Crippen MR) is 169 cm³/mol.